The minimum absolute atomic E-state index is 0.110. The maximum Gasteiger partial charge on any atom is 0.0430 e. The third-order valence-electron chi connectivity index (χ3n) is 4.38. The molecule has 0 bridgehead atoms. The zero-order chi connectivity index (χ0) is 13.8. The summed E-state index contributed by atoms with van der Waals surface area (Å²) >= 11 is 0. The van der Waals surface area contributed by atoms with Crippen molar-refractivity contribution in [2.24, 2.45) is 5.73 Å². The summed E-state index contributed by atoms with van der Waals surface area (Å²) in [6.45, 7) is 3.39. The van der Waals surface area contributed by atoms with E-state index in [0.717, 1.165) is 6.54 Å². The molecule has 1 atom stereocenters. The fraction of sp³-hybridized carbons (Fsp3) is 0.444. The van der Waals surface area contributed by atoms with Crippen LogP contribution < -0.4 is 5.73 Å². The van der Waals surface area contributed by atoms with E-state index < -0.39 is 0 Å². The van der Waals surface area contributed by atoms with E-state index in [2.05, 4.69) is 47.4 Å². The Kier molecular flexibility index (Phi) is 4.34. The number of nitrogens with zero attached hydrogens (tertiary/aromatic N) is 1. The maximum absolute atomic E-state index is 6.50. The molecule has 2 aromatic rings. The summed E-state index contributed by atoms with van der Waals surface area (Å²) in [5.74, 6) is 0. The normalized spacial score (nSPS) is 18.9. The van der Waals surface area contributed by atoms with Crippen LogP contribution in [0.4, 0.5) is 0 Å². The minimum atomic E-state index is 0.110. The Morgan fingerprint density at radius 2 is 1.60 bits per heavy atom. The first-order valence-electron chi connectivity index (χ1n) is 7.80. The van der Waals surface area contributed by atoms with Crippen molar-refractivity contribution in [1.82, 2.24) is 4.90 Å². The molecular weight excluding hydrogens is 244 g/mol. The Bertz CT molecular complexity index is 551. The Labute approximate surface area is 121 Å². The molecule has 2 nitrogen and oxygen atoms in total. The zero-order valence-corrected chi connectivity index (χ0v) is 12.1. The summed E-state index contributed by atoms with van der Waals surface area (Å²) in [6.07, 6.45) is 5.39. The molecule has 1 saturated heterocycles. The van der Waals surface area contributed by atoms with Gasteiger partial charge < -0.3 is 10.6 Å². The zero-order valence-electron chi connectivity index (χ0n) is 12.1. The van der Waals surface area contributed by atoms with E-state index in [4.69, 9.17) is 5.73 Å². The summed E-state index contributed by atoms with van der Waals surface area (Å²) in [5.41, 5.74) is 7.79. The van der Waals surface area contributed by atoms with E-state index in [1.165, 1.54) is 55.1 Å². The topological polar surface area (TPSA) is 29.3 Å². The fourth-order valence-electron chi connectivity index (χ4n) is 3.27. The Balaban J connectivity index is 1.79. The van der Waals surface area contributed by atoms with Crippen LogP contribution in [0.15, 0.2) is 42.5 Å². The lowest BCUT2D eigenvalue weighted by Gasteiger charge is -2.24. The summed E-state index contributed by atoms with van der Waals surface area (Å²) in [7, 11) is 0. The average Bonchev–Trinajstić information content (AvgIpc) is 2.75. The smallest absolute Gasteiger partial charge is 0.0430 e. The number of rotatable bonds is 3. The quantitative estimate of drug-likeness (QED) is 0.919. The van der Waals surface area contributed by atoms with Gasteiger partial charge in [0.2, 0.25) is 0 Å². The number of hydrogen-bond donors (Lipinski definition) is 1. The molecule has 20 heavy (non-hydrogen) atoms. The van der Waals surface area contributed by atoms with Gasteiger partial charge in [-0.1, -0.05) is 55.3 Å². The third kappa shape index (κ3) is 3.02. The molecule has 0 saturated carbocycles. The van der Waals surface area contributed by atoms with Crippen molar-refractivity contribution in [2.45, 2.75) is 31.7 Å². The number of nitrogens with two attached hydrogens (primary N) is 1. The van der Waals surface area contributed by atoms with Crippen LogP contribution in [0.2, 0.25) is 0 Å². The van der Waals surface area contributed by atoms with Crippen molar-refractivity contribution in [2.75, 3.05) is 19.6 Å². The molecule has 0 aliphatic carbocycles. The van der Waals surface area contributed by atoms with Gasteiger partial charge in [0.05, 0.1) is 0 Å². The molecule has 1 fully saturated rings. The van der Waals surface area contributed by atoms with Gasteiger partial charge in [0.15, 0.2) is 0 Å². The Morgan fingerprint density at radius 3 is 2.40 bits per heavy atom. The van der Waals surface area contributed by atoms with Crippen LogP contribution in [0.3, 0.4) is 0 Å². The molecule has 0 aromatic heterocycles. The van der Waals surface area contributed by atoms with E-state index in [9.17, 15) is 0 Å². The van der Waals surface area contributed by atoms with Crippen molar-refractivity contribution in [1.29, 1.82) is 0 Å². The first kappa shape index (κ1) is 13.6. The van der Waals surface area contributed by atoms with Gasteiger partial charge in [-0.05, 0) is 42.3 Å². The highest BCUT2D eigenvalue weighted by atomic mass is 15.1. The van der Waals surface area contributed by atoms with E-state index in [1.807, 2.05) is 0 Å². The van der Waals surface area contributed by atoms with Crippen molar-refractivity contribution < 1.29 is 0 Å². The van der Waals surface area contributed by atoms with Crippen molar-refractivity contribution in [3.63, 3.8) is 0 Å². The molecule has 2 aromatic carbocycles. The standard InChI is InChI=1S/C18H24N2/c19-18(14-20-12-5-1-2-6-13-20)17-11-7-9-15-8-3-4-10-16(15)17/h3-4,7-11,18H,1-2,5-6,12-14,19H2. The summed E-state index contributed by atoms with van der Waals surface area (Å²) in [6, 6.07) is 15.1. The second-order valence-electron chi connectivity index (χ2n) is 5.89. The highest BCUT2D eigenvalue weighted by Crippen LogP contribution is 2.24. The molecular formula is C18H24N2. The highest BCUT2D eigenvalue weighted by Gasteiger charge is 2.15. The monoisotopic (exact) mass is 268 g/mol. The molecule has 3 rings (SSSR count). The average molecular weight is 268 g/mol. The lowest BCUT2D eigenvalue weighted by Crippen LogP contribution is -2.33. The van der Waals surface area contributed by atoms with E-state index >= 15 is 0 Å². The Morgan fingerprint density at radius 1 is 0.900 bits per heavy atom. The van der Waals surface area contributed by atoms with Gasteiger partial charge in [-0.2, -0.15) is 0 Å². The number of hydrogen-bond acceptors (Lipinski definition) is 2. The first-order valence-corrected chi connectivity index (χ1v) is 7.80. The lowest BCUT2D eigenvalue weighted by molar-refractivity contribution is 0.268. The van der Waals surface area contributed by atoms with Gasteiger partial charge in [-0.25, -0.2) is 0 Å². The van der Waals surface area contributed by atoms with Gasteiger partial charge in [0.25, 0.3) is 0 Å². The van der Waals surface area contributed by atoms with Crippen LogP contribution in [-0.4, -0.2) is 24.5 Å². The van der Waals surface area contributed by atoms with E-state index in [-0.39, 0.29) is 6.04 Å². The molecule has 0 spiro atoms. The van der Waals surface area contributed by atoms with Crippen LogP contribution >= 0.6 is 0 Å². The van der Waals surface area contributed by atoms with Gasteiger partial charge in [-0.15, -0.1) is 0 Å². The van der Waals surface area contributed by atoms with Crippen molar-refractivity contribution >= 4 is 10.8 Å². The predicted molar refractivity (Wildman–Crippen MR) is 85.8 cm³/mol. The molecule has 0 radical (unpaired) electrons. The number of benzene rings is 2. The number of fused-ring (bicyclic) bond motifs is 1. The van der Waals surface area contributed by atoms with E-state index in [0.29, 0.717) is 0 Å². The molecule has 1 unspecified atom stereocenters. The minimum Gasteiger partial charge on any atom is -0.323 e. The van der Waals surface area contributed by atoms with Crippen LogP contribution in [0.25, 0.3) is 10.8 Å². The summed E-state index contributed by atoms with van der Waals surface area (Å²) in [4.78, 5) is 2.54. The van der Waals surface area contributed by atoms with Gasteiger partial charge in [0.1, 0.15) is 0 Å². The van der Waals surface area contributed by atoms with Crippen LogP contribution in [0.1, 0.15) is 37.3 Å². The highest BCUT2D eigenvalue weighted by molar-refractivity contribution is 5.86. The SMILES string of the molecule is NC(CN1CCCCCC1)c1cccc2ccccc12. The van der Waals surface area contributed by atoms with E-state index in [1.54, 1.807) is 0 Å². The fourth-order valence-corrected chi connectivity index (χ4v) is 3.27. The summed E-state index contributed by atoms with van der Waals surface area (Å²) < 4.78 is 0. The molecule has 1 heterocycles. The Hall–Kier alpha value is -1.38. The molecule has 0 amide bonds. The molecule has 1 aliphatic heterocycles. The first-order chi connectivity index (χ1) is 9.84. The van der Waals surface area contributed by atoms with Crippen molar-refractivity contribution in [3.8, 4) is 0 Å². The van der Waals surface area contributed by atoms with Crippen LogP contribution in [-0.2, 0) is 0 Å². The molecule has 106 valence electrons. The summed E-state index contributed by atoms with van der Waals surface area (Å²) in [5, 5.41) is 2.59. The predicted octanol–water partition coefficient (Wildman–Crippen LogP) is 3.72. The van der Waals surface area contributed by atoms with Gasteiger partial charge in [0, 0.05) is 12.6 Å². The van der Waals surface area contributed by atoms with Gasteiger partial charge in [-0.3, -0.25) is 0 Å². The lowest BCUT2D eigenvalue weighted by atomic mass is 9.99. The second kappa shape index (κ2) is 6.38. The molecule has 2 heteroatoms. The number of likely N-dealkylation sites (tertiary alicyclic amines) is 1. The third-order valence-corrected chi connectivity index (χ3v) is 4.38. The molecule has 1 aliphatic rings. The second-order valence-corrected chi connectivity index (χ2v) is 5.89. The van der Waals surface area contributed by atoms with Crippen LogP contribution in [0, 0.1) is 0 Å². The molecule has 2 N–H and O–H groups in total. The maximum atomic E-state index is 6.50. The largest absolute Gasteiger partial charge is 0.323 e. The van der Waals surface area contributed by atoms with Crippen LogP contribution in [0.5, 0.6) is 0 Å². The van der Waals surface area contributed by atoms with Crippen molar-refractivity contribution in [3.05, 3.63) is 48.0 Å². The van der Waals surface area contributed by atoms with Gasteiger partial charge >= 0.3 is 0 Å².